The van der Waals surface area contributed by atoms with E-state index in [1.165, 1.54) is 0 Å². The molecule has 0 spiro atoms. The lowest BCUT2D eigenvalue weighted by Gasteiger charge is -2.18. The van der Waals surface area contributed by atoms with Crippen LogP contribution in [0.15, 0.2) is 48.9 Å². The first-order valence-electron chi connectivity index (χ1n) is 6.58. The largest absolute Gasteiger partial charge is 0.493 e. The highest BCUT2D eigenvalue weighted by Gasteiger charge is 2.29. The maximum atomic E-state index is 5.83. The van der Waals surface area contributed by atoms with Crippen LogP contribution in [0.3, 0.4) is 0 Å². The van der Waals surface area contributed by atoms with Crippen LogP contribution < -0.4 is 10.1 Å². The quantitative estimate of drug-likeness (QED) is 0.937. The highest BCUT2D eigenvalue weighted by Crippen LogP contribution is 2.27. The summed E-state index contributed by atoms with van der Waals surface area (Å²) in [5.74, 6) is 1.77. The zero-order valence-corrected chi connectivity index (χ0v) is 13.1. The lowest BCUT2D eigenvalue weighted by molar-refractivity contribution is 0.247. The number of nitrogens with zero attached hydrogens (tertiary/aromatic N) is 2. The van der Waals surface area contributed by atoms with E-state index in [2.05, 4.69) is 21.4 Å². The number of pyridine rings is 2. The number of rotatable bonds is 4. The van der Waals surface area contributed by atoms with Crippen molar-refractivity contribution >= 4 is 24.8 Å². The molecule has 1 N–H and O–H groups in total. The molecular formula is C15H19Cl2N3O. The molecule has 2 aromatic heterocycles. The molecule has 2 aromatic rings. The summed E-state index contributed by atoms with van der Waals surface area (Å²) in [4.78, 5) is 8.45. The summed E-state index contributed by atoms with van der Waals surface area (Å²) >= 11 is 0. The van der Waals surface area contributed by atoms with Gasteiger partial charge in [-0.15, -0.1) is 24.8 Å². The topological polar surface area (TPSA) is 47.0 Å². The second-order valence-corrected chi connectivity index (χ2v) is 4.77. The Balaban J connectivity index is 0.00000110. The predicted molar refractivity (Wildman–Crippen MR) is 87.6 cm³/mol. The minimum Gasteiger partial charge on any atom is -0.493 e. The number of hydrogen-bond acceptors (Lipinski definition) is 4. The molecule has 1 fully saturated rings. The van der Waals surface area contributed by atoms with E-state index in [0.29, 0.717) is 18.4 Å². The van der Waals surface area contributed by atoms with Gasteiger partial charge in [-0.3, -0.25) is 9.97 Å². The van der Waals surface area contributed by atoms with Gasteiger partial charge >= 0.3 is 0 Å². The van der Waals surface area contributed by atoms with Crippen LogP contribution in [0, 0.1) is 5.92 Å². The van der Waals surface area contributed by atoms with Gasteiger partial charge in [0.15, 0.2) is 0 Å². The van der Waals surface area contributed by atoms with Crippen molar-refractivity contribution < 1.29 is 4.74 Å². The second-order valence-electron chi connectivity index (χ2n) is 4.77. The third kappa shape index (κ3) is 4.56. The standard InChI is InChI=1S/C15H17N3O.2ClH/c1-2-6-18-15(3-1)14-10-17-9-12(14)11-19-13-4-7-16-8-5-13;;/h1-8,12,14,17H,9-11H2;2*1H. The zero-order chi connectivity index (χ0) is 12.9. The van der Waals surface area contributed by atoms with Crippen LogP contribution in [0.4, 0.5) is 0 Å². The van der Waals surface area contributed by atoms with Gasteiger partial charge in [-0.1, -0.05) is 6.07 Å². The van der Waals surface area contributed by atoms with Crippen LogP contribution in [-0.4, -0.2) is 29.7 Å². The van der Waals surface area contributed by atoms with E-state index in [-0.39, 0.29) is 24.8 Å². The first-order valence-corrected chi connectivity index (χ1v) is 6.58. The SMILES string of the molecule is Cl.Cl.c1ccc(C2CNCC2COc2ccncc2)nc1. The van der Waals surface area contributed by atoms with Crippen molar-refractivity contribution in [3.05, 3.63) is 54.6 Å². The van der Waals surface area contributed by atoms with Crippen molar-refractivity contribution in [3.8, 4) is 5.75 Å². The van der Waals surface area contributed by atoms with Crippen LogP contribution in [0.1, 0.15) is 11.6 Å². The van der Waals surface area contributed by atoms with Crippen molar-refractivity contribution in [1.82, 2.24) is 15.3 Å². The fourth-order valence-corrected chi connectivity index (χ4v) is 2.49. The maximum absolute atomic E-state index is 5.83. The van der Waals surface area contributed by atoms with E-state index in [1.807, 2.05) is 30.5 Å². The van der Waals surface area contributed by atoms with Crippen molar-refractivity contribution in [2.75, 3.05) is 19.7 Å². The summed E-state index contributed by atoms with van der Waals surface area (Å²) < 4.78 is 5.83. The van der Waals surface area contributed by atoms with E-state index in [1.54, 1.807) is 12.4 Å². The Bertz CT molecular complexity index is 513. The van der Waals surface area contributed by atoms with Crippen molar-refractivity contribution in [1.29, 1.82) is 0 Å². The second kappa shape index (κ2) is 8.82. The number of halogens is 2. The molecule has 0 radical (unpaired) electrons. The van der Waals surface area contributed by atoms with Gasteiger partial charge < -0.3 is 10.1 Å². The lowest BCUT2D eigenvalue weighted by Crippen LogP contribution is -2.20. The molecule has 1 saturated heterocycles. The van der Waals surface area contributed by atoms with E-state index >= 15 is 0 Å². The third-order valence-corrected chi connectivity index (χ3v) is 3.52. The summed E-state index contributed by atoms with van der Waals surface area (Å²) in [6.07, 6.45) is 5.35. The first kappa shape index (κ1) is 17.7. The predicted octanol–water partition coefficient (Wildman–Crippen LogP) is 2.70. The van der Waals surface area contributed by atoms with E-state index < -0.39 is 0 Å². The molecule has 0 aliphatic carbocycles. The fraction of sp³-hybridized carbons (Fsp3) is 0.333. The highest BCUT2D eigenvalue weighted by atomic mass is 35.5. The van der Waals surface area contributed by atoms with Gasteiger partial charge in [0.2, 0.25) is 0 Å². The molecule has 2 atom stereocenters. The molecule has 0 amide bonds. The molecule has 3 rings (SSSR count). The molecule has 114 valence electrons. The monoisotopic (exact) mass is 327 g/mol. The molecule has 21 heavy (non-hydrogen) atoms. The van der Waals surface area contributed by atoms with Crippen LogP contribution in [-0.2, 0) is 0 Å². The van der Waals surface area contributed by atoms with Gasteiger partial charge in [0.1, 0.15) is 5.75 Å². The van der Waals surface area contributed by atoms with Gasteiger partial charge in [0.25, 0.3) is 0 Å². The van der Waals surface area contributed by atoms with E-state index in [4.69, 9.17) is 4.74 Å². The number of aromatic nitrogens is 2. The van der Waals surface area contributed by atoms with Crippen molar-refractivity contribution in [2.45, 2.75) is 5.92 Å². The summed E-state index contributed by atoms with van der Waals surface area (Å²) in [5, 5.41) is 3.42. The molecule has 0 bridgehead atoms. The average Bonchev–Trinajstić information content (AvgIpc) is 2.95. The molecule has 3 heterocycles. The summed E-state index contributed by atoms with van der Waals surface area (Å²) in [6.45, 7) is 2.66. The third-order valence-electron chi connectivity index (χ3n) is 3.52. The summed E-state index contributed by atoms with van der Waals surface area (Å²) in [6, 6.07) is 9.86. The highest BCUT2D eigenvalue weighted by molar-refractivity contribution is 5.85. The van der Waals surface area contributed by atoms with Crippen molar-refractivity contribution in [2.24, 2.45) is 5.92 Å². The molecular weight excluding hydrogens is 309 g/mol. The number of ether oxygens (including phenoxy) is 1. The minimum atomic E-state index is 0. The molecule has 0 aromatic carbocycles. The van der Waals surface area contributed by atoms with Crippen LogP contribution >= 0.6 is 24.8 Å². The molecule has 1 aliphatic heterocycles. The molecule has 6 heteroatoms. The molecule has 2 unspecified atom stereocenters. The lowest BCUT2D eigenvalue weighted by atomic mass is 9.93. The van der Waals surface area contributed by atoms with Crippen LogP contribution in [0.5, 0.6) is 5.75 Å². The Morgan fingerprint density at radius 2 is 1.86 bits per heavy atom. The smallest absolute Gasteiger partial charge is 0.122 e. The normalized spacial score (nSPS) is 20.2. The van der Waals surface area contributed by atoms with E-state index in [0.717, 1.165) is 24.5 Å². The van der Waals surface area contributed by atoms with Gasteiger partial charge in [0.05, 0.1) is 6.61 Å². The van der Waals surface area contributed by atoms with Gasteiger partial charge in [-0.05, 0) is 24.3 Å². The van der Waals surface area contributed by atoms with E-state index in [9.17, 15) is 0 Å². The first-order chi connectivity index (χ1) is 9.43. The molecule has 0 saturated carbocycles. The van der Waals surface area contributed by atoms with Gasteiger partial charge in [-0.2, -0.15) is 0 Å². The van der Waals surface area contributed by atoms with Crippen LogP contribution in [0.25, 0.3) is 0 Å². The minimum absolute atomic E-state index is 0. The zero-order valence-electron chi connectivity index (χ0n) is 11.5. The van der Waals surface area contributed by atoms with Crippen LogP contribution in [0.2, 0.25) is 0 Å². The Hall–Kier alpha value is -1.36. The fourth-order valence-electron chi connectivity index (χ4n) is 2.49. The molecule has 4 nitrogen and oxygen atoms in total. The Morgan fingerprint density at radius 3 is 2.57 bits per heavy atom. The Labute approximate surface area is 137 Å². The van der Waals surface area contributed by atoms with Gasteiger partial charge in [-0.25, -0.2) is 0 Å². The summed E-state index contributed by atoms with van der Waals surface area (Å²) in [5.41, 5.74) is 1.15. The number of nitrogens with one attached hydrogen (secondary N) is 1. The van der Waals surface area contributed by atoms with Crippen molar-refractivity contribution in [3.63, 3.8) is 0 Å². The number of hydrogen-bond donors (Lipinski definition) is 1. The van der Waals surface area contributed by atoms with Gasteiger partial charge in [0, 0.05) is 49.2 Å². The molecule has 1 aliphatic rings. The summed E-state index contributed by atoms with van der Waals surface area (Å²) in [7, 11) is 0. The maximum Gasteiger partial charge on any atom is 0.122 e. The Kier molecular flexibility index (Phi) is 7.43. The Morgan fingerprint density at radius 1 is 1.05 bits per heavy atom. The average molecular weight is 328 g/mol.